The fraction of sp³-hybridized carbons (Fsp3) is 0.280. The number of nitrogens with one attached hydrogen (secondary N) is 1. The molecule has 0 aliphatic carbocycles. The Morgan fingerprint density at radius 3 is 2.65 bits per heavy atom. The summed E-state index contributed by atoms with van der Waals surface area (Å²) in [6.07, 6.45) is 4.72. The van der Waals surface area contributed by atoms with E-state index >= 15 is 0 Å². The first-order valence-corrected chi connectivity index (χ1v) is 10.6. The van der Waals surface area contributed by atoms with Crippen LogP contribution in [0.25, 0.3) is 11.1 Å². The van der Waals surface area contributed by atoms with Gasteiger partial charge in [0.05, 0.1) is 11.4 Å². The maximum Gasteiger partial charge on any atom is 0.255 e. The van der Waals surface area contributed by atoms with Crippen molar-refractivity contribution in [2.45, 2.75) is 19.0 Å². The number of amides is 1. The quantitative estimate of drug-likeness (QED) is 0.600. The highest BCUT2D eigenvalue weighted by molar-refractivity contribution is 6.06. The van der Waals surface area contributed by atoms with Gasteiger partial charge in [-0.05, 0) is 62.0 Å². The van der Waals surface area contributed by atoms with Crippen molar-refractivity contribution in [2.75, 3.05) is 38.2 Å². The van der Waals surface area contributed by atoms with Crippen LogP contribution in [0.4, 0.5) is 11.4 Å². The van der Waals surface area contributed by atoms with Crippen LogP contribution in [0.15, 0.2) is 67.0 Å². The monoisotopic (exact) mass is 415 g/mol. The molecule has 0 radical (unpaired) electrons. The first-order chi connectivity index (χ1) is 15.0. The predicted molar refractivity (Wildman–Crippen MR) is 126 cm³/mol. The Labute approximate surface area is 183 Å². The molecule has 1 amide bonds. The van der Waals surface area contributed by atoms with E-state index in [1.807, 2.05) is 48.5 Å². The van der Waals surface area contributed by atoms with Gasteiger partial charge in [0.2, 0.25) is 0 Å². The van der Waals surface area contributed by atoms with Crippen molar-refractivity contribution >= 4 is 17.3 Å². The number of nitrogens with two attached hydrogens (primary N) is 1. The Balaban J connectivity index is 1.41. The van der Waals surface area contributed by atoms with E-state index in [1.165, 1.54) is 12.0 Å². The predicted octanol–water partition coefficient (Wildman–Crippen LogP) is 3.72. The smallest absolute Gasteiger partial charge is 0.255 e. The van der Waals surface area contributed by atoms with Crippen molar-refractivity contribution in [1.82, 2.24) is 14.8 Å². The number of nitrogen functional groups attached to an aromatic ring is 1. The summed E-state index contributed by atoms with van der Waals surface area (Å²) < 4.78 is 0. The van der Waals surface area contributed by atoms with Crippen molar-refractivity contribution in [3.8, 4) is 11.1 Å². The summed E-state index contributed by atoms with van der Waals surface area (Å²) in [7, 11) is 4.28. The number of rotatable bonds is 6. The molecule has 0 saturated carbocycles. The number of aromatic nitrogens is 1. The molecule has 31 heavy (non-hydrogen) atoms. The Morgan fingerprint density at radius 2 is 1.97 bits per heavy atom. The number of benzene rings is 2. The molecule has 1 fully saturated rings. The third-order valence-corrected chi connectivity index (χ3v) is 5.90. The van der Waals surface area contributed by atoms with Gasteiger partial charge in [-0.1, -0.05) is 24.3 Å². The largest absolute Gasteiger partial charge is 0.397 e. The minimum Gasteiger partial charge on any atom is -0.397 e. The van der Waals surface area contributed by atoms with Gasteiger partial charge < -0.3 is 16.0 Å². The average Bonchev–Trinajstić information content (AvgIpc) is 3.25. The van der Waals surface area contributed by atoms with Gasteiger partial charge in [-0.3, -0.25) is 14.7 Å². The molecule has 1 saturated heterocycles. The zero-order chi connectivity index (χ0) is 21.8. The zero-order valence-electron chi connectivity index (χ0n) is 18.1. The Bertz CT molecular complexity index is 1030. The molecule has 0 spiro atoms. The number of carbonyl (C=O) groups excluding carboxylic acids is 1. The van der Waals surface area contributed by atoms with E-state index in [9.17, 15) is 4.79 Å². The van der Waals surface area contributed by atoms with Gasteiger partial charge in [0.15, 0.2) is 0 Å². The third kappa shape index (κ3) is 5.10. The lowest BCUT2D eigenvalue weighted by Crippen LogP contribution is -2.31. The number of likely N-dealkylation sites (tertiary alicyclic amines) is 1. The topological polar surface area (TPSA) is 74.5 Å². The van der Waals surface area contributed by atoms with E-state index in [2.05, 4.69) is 34.2 Å². The minimum absolute atomic E-state index is 0.171. The van der Waals surface area contributed by atoms with E-state index in [0.29, 0.717) is 23.0 Å². The van der Waals surface area contributed by atoms with Gasteiger partial charge >= 0.3 is 0 Å². The van der Waals surface area contributed by atoms with Crippen LogP contribution in [0.3, 0.4) is 0 Å². The highest BCUT2D eigenvalue weighted by Gasteiger charge is 2.23. The van der Waals surface area contributed by atoms with E-state index in [0.717, 1.165) is 30.8 Å². The van der Waals surface area contributed by atoms with Gasteiger partial charge in [0.1, 0.15) is 0 Å². The Morgan fingerprint density at radius 1 is 1.16 bits per heavy atom. The Hall–Kier alpha value is -3.22. The standard InChI is InChI=1S/C25H29N5O/c1-29(2)22-11-13-30(17-22)16-18-5-7-19(8-6-18)25(31)28-24-14-20(9-10-23(24)26)21-4-3-12-27-15-21/h3-10,12,14-15,22H,11,13,16-17,26H2,1-2H3,(H,28,31). The van der Waals surface area contributed by atoms with Crippen molar-refractivity contribution in [3.63, 3.8) is 0 Å². The van der Waals surface area contributed by atoms with Crippen LogP contribution in [0, 0.1) is 0 Å². The fourth-order valence-corrected chi connectivity index (χ4v) is 3.97. The molecule has 3 aromatic rings. The lowest BCUT2D eigenvalue weighted by atomic mass is 10.1. The van der Waals surface area contributed by atoms with Crippen molar-refractivity contribution in [2.24, 2.45) is 0 Å². The molecule has 0 bridgehead atoms. The van der Waals surface area contributed by atoms with Crippen LogP contribution in [0.1, 0.15) is 22.3 Å². The number of pyridine rings is 1. The first kappa shape index (κ1) is 21.0. The van der Waals surface area contributed by atoms with Crippen LogP contribution in [-0.2, 0) is 6.54 Å². The molecule has 6 heteroatoms. The fourth-order valence-electron chi connectivity index (χ4n) is 3.97. The molecule has 160 valence electrons. The summed E-state index contributed by atoms with van der Waals surface area (Å²) >= 11 is 0. The molecular formula is C25H29N5O. The first-order valence-electron chi connectivity index (χ1n) is 10.6. The summed E-state index contributed by atoms with van der Waals surface area (Å²) in [5.74, 6) is -0.171. The Kier molecular flexibility index (Phi) is 6.30. The highest BCUT2D eigenvalue weighted by Crippen LogP contribution is 2.27. The summed E-state index contributed by atoms with van der Waals surface area (Å²) in [5.41, 5.74) is 11.0. The third-order valence-electron chi connectivity index (χ3n) is 5.90. The van der Waals surface area contributed by atoms with E-state index in [-0.39, 0.29) is 5.91 Å². The van der Waals surface area contributed by atoms with Crippen LogP contribution >= 0.6 is 0 Å². The van der Waals surface area contributed by atoms with E-state index < -0.39 is 0 Å². The number of hydrogen-bond acceptors (Lipinski definition) is 5. The van der Waals surface area contributed by atoms with Crippen LogP contribution in [-0.4, -0.2) is 53.9 Å². The second kappa shape index (κ2) is 9.29. The minimum atomic E-state index is -0.171. The van der Waals surface area contributed by atoms with Crippen molar-refractivity contribution in [1.29, 1.82) is 0 Å². The second-order valence-electron chi connectivity index (χ2n) is 8.34. The number of carbonyl (C=O) groups is 1. The zero-order valence-corrected chi connectivity index (χ0v) is 18.1. The van der Waals surface area contributed by atoms with Gasteiger partial charge in [-0.25, -0.2) is 0 Å². The van der Waals surface area contributed by atoms with Crippen LogP contribution in [0.2, 0.25) is 0 Å². The molecule has 1 aliphatic heterocycles. The van der Waals surface area contributed by atoms with Gasteiger partial charge in [-0.15, -0.1) is 0 Å². The molecule has 2 heterocycles. The van der Waals surface area contributed by atoms with Gasteiger partial charge in [-0.2, -0.15) is 0 Å². The summed E-state index contributed by atoms with van der Waals surface area (Å²) in [4.78, 5) is 21.7. The maximum atomic E-state index is 12.8. The van der Waals surface area contributed by atoms with Gasteiger partial charge in [0.25, 0.3) is 5.91 Å². The number of likely N-dealkylation sites (N-methyl/N-ethyl adjacent to an activating group) is 1. The molecular weight excluding hydrogens is 386 g/mol. The van der Waals surface area contributed by atoms with Crippen LogP contribution < -0.4 is 11.1 Å². The highest BCUT2D eigenvalue weighted by atomic mass is 16.1. The SMILES string of the molecule is CN(C)C1CCN(Cc2ccc(C(=O)Nc3cc(-c4cccnc4)ccc3N)cc2)C1. The van der Waals surface area contributed by atoms with E-state index in [1.54, 1.807) is 18.5 Å². The molecule has 1 aromatic heterocycles. The second-order valence-corrected chi connectivity index (χ2v) is 8.34. The molecule has 2 aromatic carbocycles. The van der Waals surface area contributed by atoms with Gasteiger partial charge in [0, 0.05) is 49.2 Å². The molecule has 3 N–H and O–H groups in total. The van der Waals surface area contributed by atoms with E-state index in [4.69, 9.17) is 5.73 Å². The molecule has 6 nitrogen and oxygen atoms in total. The maximum absolute atomic E-state index is 12.8. The lowest BCUT2D eigenvalue weighted by Gasteiger charge is -2.20. The van der Waals surface area contributed by atoms with Crippen molar-refractivity contribution in [3.05, 3.63) is 78.1 Å². The molecule has 1 atom stereocenters. The molecule has 1 unspecified atom stereocenters. The average molecular weight is 416 g/mol. The van der Waals surface area contributed by atoms with Crippen molar-refractivity contribution < 1.29 is 4.79 Å². The summed E-state index contributed by atoms with van der Waals surface area (Å²) in [6.45, 7) is 3.10. The number of hydrogen-bond donors (Lipinski definition) is 2. The number of nitrogens with zero attached hydrogens (tertiary/aromatic N) is 3. The summed E-state index contributed by atoms with van der Waals surface area (Å²) in [6, 6.07) is 17.9. The van der Waals surface area contributed by atoms with Crippen LogP contribution in [0.5, 0.6) is 0 Å². The molecule has 1 aliphatic rings. The normalized spacial score (nSPS) is 16.5. The molecule has 4 rings (SSSR count). The number of anilines is 2. The lowest BCUT2D eigenvalue weighted by molar-refractivity contribution is 0.102. The summed E-state index contributed by atoms with van der Waals surface area (Å²) in [5, 5.41) is 2.95.